The molecule has 1 heterocycles. The molecule has 1 N–H and O–H groups in total. The molecule has 112 valence electrons. The van der Waals surface area contributed by atoms with Crippen molar-refractivity contribution in [2.45, 2.75) is 12.0 Å². The van der Waals surface area contributed by atoms with E-state index in [0.717, 1.165) is 30.6 Å². The van der Waals surface area contributed by atoms with Gasteiger partial charge in [0.2, 0.25) is 0 Å². The van der Waals surface area contributed by atoms with E-state index < -0.39 is 5.60 Å². The molecule has 0 spiro atoms. The molecule has 3 rings (SSSR count). The Bertz CT molecular complexity index is 518. The molecule has 0 aromatic heterocycles. The number of aliphatic hydroxyl groups is 1. The van der Waals surface area contributed by atoms with E-state index in [4.69, 9.17) is 0 Å². The van der Waals surface area contributed by atoms with Gasteiger partial charge in [0, 0.05) is 12.5 Å². The molecular weight excluding hydrogens is 282 g/mol. The van der Waals surface area contributed by atoms with Gasteiger partial charge in [0.25, 0.3) is 0 Å². The molecule has 1 aliphatic heterocycles. The number of halogens is 1. The number of rotatable bonds is 3. The Kier molecular flexibility index (Phi) is 5.04. The second kappa shape index (κ2) is 6.61. The van der Waals surface area contributed by atoms with Crippen molar-refractivity contribution in [3.8, 4) is 0 Å². The van der Waals surface area contributed by atoms with Gasteiger partial charge in [0.05, 0.1) is 0 Å². The van der Waals surface area contributed by atoms with Gasteiger partial charge in [-0.05, 0) is 31.1 Å². The average molecular weight is 304 g/mol. The Morgan fingerprint density at radius 3 is 1.81 bits per heavy atom. The van der Waals surface area contributed by atoms with Crippen LogP contribution in [-0.2, 0) is 5.60 Å². The van der Waals surface area contributed by atoms with Gasteiger partial charge in [-0.3, -0.25) is 0 Å². The fraction of sp³-hybridized carbons (Fsp3) is 0.333. The molecule has 1 saturated heterocycles. The molecule has 1 unspecified atom stereocenters. The zero-order valence-electron chi connectivity index (χ0n) is 12.3. The van der Waals surface area contributed by atoms with Crippen molar-refractivity contribution < 1.29 is 5.11 Å². The fourth-order valence-electron chi connectivity index (χ4n) is 3.30. The zero-order valence-corrected chi connectivity index (χ0v) is 13.1. The van der Waals surface area contributed by atoms with Crippen molar-refractivity contribution in [3.63, 3.8) is 0 Å². The Balaban J connectivity index is 0.00000161. The summed E-state index contributed by atoms with van der Waals surface area (Å²) >= 11 is 0. The molecule has 0 radical (unpaired) electrons. The number of hydrogen-bond donors (Lipinski definition) is 1. The summed E-state index contributed by atoms with van der Waals surface area (Å²) in [6.45, 7) is 1.98. The molecule has 1 fully saturated rings. The quantitative estimate of drug-likeness (QED) is 0.940. The minimum atomic E-state index is -0.896. The summed E-state index contributed by atoms with van der Waals surface area (Å²) < 4.78 is 0. The minimum Gasteiger partial charge on any atom is -0.380 e. The van der Waals surface area contributed by atoms with Gasteiger partial charge in [-0.15, -0.1) is 12.4 Å². The van der Waals surface area contributed by atoms with Crippen LogP contribution in [-0.4, -0.2) is 30.1 Å². The van der Waals surface area contributed by atoms with Gasteiger partial charge < -0.3 is 10.0 Å². The molecule has 2 aromatic rings. The maximum Gasteiger partial charge on any atom is 0.119 e. The highest BCUT2D eigenvalue weighted by Gasteiger charge is 2.42. The lowest BCUT2D eigenvalue weighted by Crippen LogP contribution is -2.37. The van der Waals surface area contributed by atoms with E-state index in [1.54, 1.807) is 0 Å². The van der Waals surface area contributed by atoms with E-state index in [2.05, 4.69) is 11.9 Å². The summed E-state index contributed by atoms with van der Waals surface area (Å²) in [5.41, 5.74) is 1.09. The van der Waals surface area contributed by atoms with Gasteiger partial charge in [-0.1, -0.05) is 60.7 Å². The molecule has 2 nitrogen and oxygen atoms in total. The predicted molar refractivity (Wildman–Crippen MR) is 88.7 cm³/mol. The molecule has 21 heavy (non-hydrogen) atoms. The standard InChI is InChI=1S/C18H21NO.ClH/c1-19-13-12-17(14-19)18(20,15-8-4-2-5-9-15)16-10-6-3-7-11-16;/h2-11,17,20H,12-14H2,1H3;1H. The van der Waals surface area contributed by atoms with E-state index in [0.29, 0.717) is 0 Å². The Labute approximate surface area is 132 Å². The molecule has 0 bridgehead atoms. The van der Waals surface area contributed by atoms with Crippen LogP contribution < -0.4 is 0 Å². The van der Waals surface area contributed by atoms with Crippen molar-refractivity contribution in [3.05, 3.63) is 71.8 Å². The van der Waals surface area contributed by atoms with Gasteiger partial charge in [0.15, 0.2) is 0 Å². The molecule has 0 saturated carbocycles. The minimum absolute atomic E-state index is 0. The third-order valence-corrected chi connectivity index (χ3v) is 4.41. The van der Waals surface area contributed by atoms with Crippen LogP contribution in [0.5, 0.6) is 0 Å². The molecule has 0 aliphatic carbocycles. The smallest absolute Gasteiger partial charge is 0.119 e. The third-order valence-electron chi connectivity index (χ3n) is 4.41. The average Bonchev–Trinajstić information content (AvgIpc) is 2.95. The van der Waals surface area contributed by atoms with Crippen LogP contribution in [0, 0.1) is 5.92 Å². The summed E-state index contributed by atoms with van der Waals surface area (Å²) in [7, 11) is 2.12. The van der Waals surface area contributed by atoms with Gasteiger partial charge >= 0.3 is 0 Å². The van der Waals surface area contributed by atoms with Gasteiger partial charge in [-0.2, -0.15) is 0 Å². The SMILES string of the molecule is CN1CCC(C(O)(c2ccccc2)c2ccccc2)C1.Cl. The molecule has 1 atom stereocenters. The highest BCUT2D eigenvalue weighted by atomic mass is 35.5. The van der Waals surface area contributed by atoms with E-state index in [1.165, 1.54) is 0 Å². The first-order valence-electron chi connectivity index (χ1n) is 7.23. The van der Waals surface area contributed by atoms with Crippen molar-refractivity contribution in [2.24, 2.45) is 5.92 Å². The zero-order chi connectivity index (χ0) is 14.0. The second-order valence-electron chi connectivity index (χ2n) is 5.75. The number of likely N-dealkylation sites (tertiary alicyclic amines) is 1. The van der Waals surface area contributed by atoms with E-state index in [-0.39, 0.29) is 18.3 Å². The maximum absolute atomic E-state index is 11.5. The van der Waals surface area contributed by atoms with Crippen molar-refractivity contribution in [1.82, 2.24) is 4.90 Å². The van der Waals surface area contributed by atoms with Crippen molar-refractivity contribution >= 4 is 12.4 Å². The lowest BCUT2D eigenvalue weighted by Gasteiger charge is -2.35. The summed E-state index contributed by atoms with van der Waals surface area (Å²) in [6, 6.07) is 20.1. The highest BCUT2D eigenvalue weighted by molar-refractivity contribution is 5.85. The molecular formula is C18H22ClNO. The summed E-state index contributed by atoms with van der Waals surface area (Å²) in [5, 5.41) is 11.5. The highest BCUT2D eigenvalue weighted by Crippen LogP contribution is 2.40. The predicted octanol–water partition coefficient (Wildman–Crippen LogP) is 3.30. The summed E-state index contributed by atoms with van der Waals surface area (Å²) in [5.74, 6) is 0.234. The Morgan fingerprint density at radius 1 is 0.952 bits per heavy atom. The first-order valence-corrected chi connectivity index (χ1v) is 7.23. The van der Waals surface area contributed by atoms with Crippen LogP contribution in [0.25, 0.3) is 0 Å². The third kappa shape index (κ3) is 2.98. The number of hydrogen-bond acceptors (Lipinski definition) is 2. The lowest BCUT2D eigenvalue weighted by molar-refractivity contribution is 0.0209. The Morgan fingerprint density at radius 2 is 1.43 bits per heavy atom. The van der Waals surface area contributed by atoms with Crippen LogP contribution in [0.1, 0.15) is 17.5 Å². The molecule has 2 aromatic carbocycles. The lowest BCUT2D eigenvalue weighted by atomic mass is 9.75. The van der Waals surface area contributed by atoms with E-state index in [1.807, 2.05) is 60.7 Å². The number of nitrogens with zero attached hydrogens (tertiary/aromatic N) is 1. The Hall–Kier alpha value is -1.35. The van der Waals surface area contributed by atoms with Crippen molar-refractivity contribution in [1.29, 1.82) is 0 Å². The van der Waals surface area contributed by atoms with Crippen LogP contribution >= 0.6 is 12.4 Å². The normalized spacial score (nSPS) is 19.2. The molecule has 1 aliphatic rings. The van der Waals surface area contributed by atoms with Crippen LogP contribution in [0.3, 0.4) is 0 Å². The van der Waals surface area contributed by atoms with Gasteiger partial charge in [-0.25, -0.2) is 0 Å². The molecule has 3 heteroatoms. The first-order chi connectivity index (χ1) is 9.71. The topological polar surface area (TPSA) is 23.5 Å². The van der Waals surface area contributed by atoms with Gasteiger partial charge in [0.1, 0.15) is 5.60 Å². The summed E-state index contributed by atoms with van der Waals surface area (Å²) in [4.78, 5) is 2.29. The fourth-order valence-corrected chi connectivity index (χ4v) is 3.30. The van der Waals surface area contributed by atoms with Crippen LogP contribution in [0.2, 0.25) is 0 Å². The second-order valence-corrected chi connectivity index (χ2v) is 5.75. The maximum atomic E-state index is 11.5. The van der Waals surface area contributed by atoms with Crippen LogP contribution in [0.15, 0.2) is 60.7 Å². The van der Waals surface area contributed by atoms with E-state index >= 15 is 0 Å². The van der Waals surface area contributed by atoms with Crippen molar-refractivity contribution in [2.75, 3.05) is 20.1 Å². The number of benzene rings is 2. The van der Waals surface area contributed by atoms with E-state index in [9.17, 15) is 5.11 Å². The van der Waals surface area contributed by atoms with Crippen LogP contribution in [0.4, 0.5) is 0 Å². The molecule has 0 amide bonds. The monoisotopic (exact) mass is 303 g/mol. The summed E-state index contributed by atoms with van der Waals surface area (Å²) in [6.07, 6.45) is 1.02. The largest absolute Gasteiger partial charge is 0.380 e. The first kappa shape index (κ1) is 16.0.